The van der Waals surface area contributed by atoms with Crippen molar-refractivity contribution >= 4 is 11.6 Å². The lowest BCUT2D eigenvalue weighted by Crippen LogP contribution is -2.27. The van der Waals surface area contributed by atoms with Gasteiger partial charge in [0.15, 0.2) is 11.5 Å². The summed E-state index contributed by atoms with van der Waals surface area (Å²) in [7, 11) is 0. The van der Waals surface area contributed by atoms with Gasteiger partial charge in [-0.05, 0) is 12.1 Å². The number of ether oxygens (including phenoxy) is 2. The minimum atomic E-state index is -2.09. The predicted octanol–water partition coefficient (Wildman–Crippen LogP) is 2.75. The molecule has 1 unspecified atom stereocenters. The van der Waals surface area contributed by atoms with Gasteiger partial charge in [0, 0.05) is 6.92 Å². The number of alkyl halides is 1. The molecule has 2 rings (SSSR count). The fourth-order valence-electron chi connectivity index (χ4n) is 1.07. The Balaban J connectivity index is 2.48. The Morgan fingerprint density at radius 2 is 2.17 bits per heavy atom. The van der Waals surface area contributed by atoms with E-state index in [0.717, 1.165) is 0 Å². The first-order chi connectivity index (χ1) is 5.58. The third-order valence-corrected chi connectivity index (χ3v) is 1.81. The Morgan fingerprint density at radius 1 is 1.42 bits per heavy atom. The van der Waals surface area contributed by atoms with Crippen LogP contribution in [0.4, 0.5) is 4.39 Å². The Hall–Kier alpha value is -0.960. The van der Waals surface area contributed by atoms with Crippen LogP contribution in [-0.4, -0.2) is 6.04 Å². The van der Waals surface area contributed by atoms with Crippen molar-refractivity contribution in [1.29, 1.82) is 0 Å². The van der Waals surface area contributed by atoms with Crippen molar-refractivity contribution in [2.75, 3.05) is 0 Å². The van der Waals surface area contributed by atoms with Crippen molar-refractivity contribution in [1.82, 2.24) is 0 Å². The van der Waals surface area contributed by atoms with Crippen LogP contribution in [0.3, 0.4) is 0 Å². The lowest BCUT2D eigenvalue weighted by atomic mass is 10.3. The van der Waals surface area contributed by atoms with E-state index >= 15 is 0 Å². The number of fused-ring (bicyclic) bond motifs is 1. The van der Waals surface area contributed by atoms with E-state index in [2.05, 4.69) is 0 Å². The summed E-state index contributed by atoms with van der Waals surface area (Å²) in [6.45, 7) is 1.18. The van der Waals surface area contributed by atoms with Gasteiger partial charge in [0.1, 0.15) is 0 Å². The molecular formula is C8H6ClFO2. The summed E-state index contributed by atoms with van der Waals surface area (Å²) in [5, 5.41) is 0.355. The van der Waals surface area contributed by atoms with Gasteiger partial charge in [0.05, 0.1) is 5.02 Å². The molecule has 0 fully saturated rings. The highest BCUT2D eigenvalue weighted by atomic mass is 35.5. The molecule has 12 heavy (non-hydrogen) atoms. The molecule has 0 spiro atoms. The van der Waals surface area contributed by atoms with E-state index in [4.69, 9.17) is 21.1 Å². The highest BCUT2D eigenvalue weighted by Gasteiger charge is 2.37. The lowest BCUT2D eigenvalue weighted by Gasteiger charge is -2.10. The van der Waals surface area contributed by atoms with Gasteiger partial charge in [0.2, 0.25) is 0 Å². The first kappa shape index (κ1) is 7.68. The molecule has 0 saturated heterocycles. The molecule has 0 radical (unpaired) electrons. The normalized spacial score (nSPS) is 25.9. The number of hydrogen-bond donors (Lipinski definition) is 0. The molecule has 1 heterocycles. The number of halogens is 2. The second-order valence-electron chi connectivity index (χ2n) is 2.61. The summed E-state index contributed by atoms with van der Waals surface area (Å²) in [4.78, 5) is 0. The third-order valence-electron chi connectivity index (χ3n) is 1.51. The number of benzene rings is 1. The molecule has 0 bridgehead atoms. The molecule has 64 valence electrons. The molecule has 0 amide bonds. The molecule has 4 heteroatoms. The zero-order chi connectivity index (χ0) is 8.77. The number of hydrogen-bond acceptors (Lipinski definition) is 2. The average Bonchev–Trinajstić information content (AvgIpc) is 2.25. The van der Waals surface area contributed by atoms with Crippen molar-refractivity contribution in [3.8, 4) is 11.5 Å². The number of para-hydroxylation sites is 1. The molecule has 1 atom stereocenters. The van der Waals surface area contributed by atoms with Gasteiger partial charge in [0.25, 0.3) is 0 Å². The predicted molar refractivity (Wildman–Crippen MR) is 42.2 cm³/mol. The third kappa shape index (κ3) is 1.10. The van der Waals surface area contributed by atoms with Gasteiger partial charge < -0.3 is 9.47 Å². The molecule has 1 aromatic rings. The molecule has 1 aliphatic heterocycles. The topological polar surface area (TPSA) is 18.5 Å². The van der Waals surface area contributed by atoms with Crippen LogP contribution in [0.25, 0.3) is 0 Å². The molecular weight excluding hydrogens is 183 g/mol. The minimum absolute atomic E-state index is 0.268. The van der Waals surface area contributed by atoms with Crippen molar-refractivity contribution in [3.05, 3.63) is 23.2 Å². The summed E-state index contributed by atoms with van der Waals surface area (Å²) in [6.07, 6.45) is 0. The van der Waals surface area contributed by atoms with Gasteiger partial charge in [-0.15, -0.1) is 0 Å². The zero-order valence-corrected chi connectivity index (χ0v) is 7.06. The molecule has 2 nitrogen and oxygen atoms in total. The quantitative estimate of drug-likeness (QED) is 0.623. The summed E-state index contributed by atoms with van der Waals surface area (Å²) in [5.41, 5.74) is 0. The van der Waals surface area contributed by atoms with Crippen LogP contribution >= 0.6 is 11.6 Å². The zero-order valence-electron chi connectivity index (χ0n) is 6.30. The van der Waals surface area contributed by atoms with Gasteiger partial charge in [-0.25, -0.2) is 0 Å². The maximum absolute atomic E-state index is 13.1. The second kappa shape index (κ2) is 2.26. The smallest absolute Gasteiger partial charge is 0.404 e. The maximum atomic E-state index is 13.1. The number of rotatable bonds is 0. The fourth-order valence-corrected chi connectivity index (χ4v) is 1.27. The van der Waals surface area contributed by atoms with E-state index in [0.29, 0.717) is 10.8 Å². The Bertz CT molecular complexity index is 325. The molecule has 0 N–H and O–H groups in total. The van der Waals surface area contributed by atoms with Crippen LogP contribution in [0.5, 0.6) is 11.5 Å². The Labute approximate surface area is 73.9 Å². The summed E-state index contributed by atoms with van der Waals surface area (Å²) in [6, 6.07) is 2.80. The van der Waals surface area contributed by atoms with E-state index in [9.17, 15) is 4.39 Å². The monoisotopic (exact) mass is 188 g/mol. The van der Waals surface area contributed by atoms with Crippen LogP contribution < -0.4 is 9.47 Å². The molecule has 1 aliphatic rings. The average molecular weight is 189 g/mol. The van der Waals surface area contributed by atoms with Gasteiger partial charge in [-0.2, -0.15) is 4.39 Å². The largest absolute Gasteiger partial charge is 0.423 e. The summed E-state index contributed by atoms with van der Waals surface area (Å²) >= 11 is 5.73. The summed E-state index contributed by atoms with van der Waals surface area (Å²) < 4.78 is 22.7. The van der Waals surface area contributed by atoms with E-state index in [1.54, 1.807) is 18.2 Å². The highest BCUT2D eigenvalue weighted by Crippen LogP contribution is 2.44. The van der Waals surface area contributed by atoms with Crippen LogP contribution in [0.1, 0.15) is 6.92 Å². The van der Waals surface area contributed by atoms with Crippen molar-refractivity contribution in [2.45, 2.75) is 13.0 Å². The highest BCUT2D eigenvalue weighted by molar-refractivity contribution is 6.32. The van der Waals surface area contributed by atoms with E-state index in [1.165, 1.54) is 6.92 Å². The molecule has 0 saturated carbocycles. The lowest BCUT2D eigenvalue weighted by molar-refractivity contribution is -0.173. The van der Waals surface area contributed by atoms with E-state index in [-0.39, 0.29) is 5.75 Å². The van der Waals surface area contributed by atoms with Gasteiger partial charge in [-0.3, -0.25) is 0 Å². The van der Waals surface area contributed by atoms with Crippen LogP contribution in [-0.2, 0) is 0 Å². The van der Waals surface area contributed by atoms with E-state index < -0.39 is 6.04 Å². The fraction of sp³-hybridized carbons (Fsp3) is 0.250. The first-order valence-corrected chi connectivity index (χ1v) is 3.82. The minimum Gasteiger partial charge on any atom is -0.423 e. The first-order valence-electron chi connectivity index (χ1n) is 3.44. The maximum Gasteiger partial charge on any atom is 0.404 e. The van der Waals surface area contributed by atoms with Gasteiger partial charge in [-0.1, -0.05) is 17.7 Å². The van der Waals surface area contributed by atoms with Crippen molar-refractivity contribution in [2.24, 2.45) is 0 Å². The second-order valence-corrected chi connectivity index (χ2v) is 3.01. The van der Waals surface area contributed by atoms with Crippen molar-refractivity contribution in [3.63, 3.8) is 0 Å². The standard InChI is InChI=1S/C8H6ClFO2/c1-8(10)11-6-4-2-3-5(9)7(6)12-8/h2-4H,1H3. The summed E-state index contributed by atoms with van der Waals surface area (Å²) in [5.74, 6) is 0.608. The van der Waals surface area contributed by atoms with Gasteiger partial charge >= 0.3 is 6.04 Å². The Kier molecular flexibility index (Phi) is 1.45. The van der Waals surface area contributed by atoms with Crippen LogP contribution in [0.2, 0.25) is 5.02 Å². The van der Waals surface area contributed by atoms with E-state index in [1.807, 2.05) is 0 Å². The van der Waals surface area contributed by atoms with Crippen molar-refractivity contribution < 1.29 is 13.9 Å². The Morgan fingerprint density at radius 3 is 2.83 bits per heavy atom. The SMILES string of the molecule is CC1(F)Oc2cccc(Cl)c2O1. The van der Waals surface area contributed by atoms with Crippen LogP contribution in [0, 0.1) is 0 Å². The van der Waals surface area contributed by atoms with Crippen LogP contribution in [0.15, 0.2) is 18.2 Å². The molecule has 0 aliphatic carbocycles. The molecule has 1 aromatic carbocycles. The molecule has 0 aromatic heterocycles.